The highest BCUT2D eigenvalue weighted by Gasteiger charge is 2.36. The van der Waals surface area contributed by atoms with Crippen LogP contribution in [0, 0.1) is 17.2 Å². The second kappa shape index (κ2) is 5.92. The first-order valence-electron chi connectivity index (χ1n) is 7.09. The predicted octanol–water partition coefficient (Wildman–Crippen LogP) is 4.67. The molecule has 3 heteroatoms. The average molecular weight is 328 g/mol. The van der Waals surface area contributed by atoms with Crippen molar-refractivity contribution in [2.75, 3.05) is 0 Å². The lowest BCUT2D eigenvalue weighted by atomic mass is 9.65. The van der Waals surface area contributed by atoms with Gasteiger partial charge in [0.15, 0.2) is 0 Å². The number of halogens is 2. The fourth-order valence-corrected chi connectivity index (χ4v) is 3.82. The van der Waals surface area contributed by atoms with Gasteiger partial charge in [0, 0.05) is 10.5 Å². The zero-order valence-electron chi connectivity index (χ0n) is 11.8. The maximum absolute atomic E-state index is 13.3. The van der Waals surface area contributed by atoms with E-state index < -0.39 is 0 Å². The molecule has 1 nitrogen and oxygen atoms in total. The number of hydrogen-bond donors (Lipinski definition) is 1. The molecule has 1 aliphatic carbocycles. The number of nitrogens with two attached hydrogens (primary N) is 1. The summed E-state index contributed by atoms with van der Waals surface area (Å²) in [6.07, 6.45) is 5.76. The van der Waals surface area contributed by atoms with Crippen LogP contribution in [0.25, 0.3) is 0 Å². The third-order valence-electron chi connectivity index (χ3n) is 4.57. The van der Waals surface area contributed by atoms with E-state index in [1.807, 2.05) is 0 Å². The summed E-state index contributed by atoms with van der Waals surface area (Å²) in [5.74, 6) is 0.338. The van der Waals surface area contributed by atoms with E-state index in [4.69, 9.17) is 5.73 Å². The summed E-state index contributed by atoms with van der Waals surface area (Å²) in [6, 6.07) is 4.95. The van der Waals surface area contributed by atoms with E-state index in [-0.39, 0.29) is 11.9 Å². The first-order valence-corrected chi connectivity index (χ1v) is 7.89. The first kappa shape index (κ1) is 15.0. The van der Waals surface area contributed by atoms with Gasteiger partial charge in [-0.3, -0.25) is 0 Å². The second-order valence-electron chi connectivity index (χ2n) is 6.44. The van der Waals surface area contributed by atoms with Gasteiger partial charge in [0.1, 0.15) is 5.82 Å². The lowest BCUT2D eigenvalue weighted by Gasteiger charge is -2.42. The van der Waals surface area contributed by atoms with E-state index in [1.54, 1.807) is 12.1 Å². The summed E-state index contributed by atoms with van der Waals surface area (Å²) in [7, 11) is 0. The lowest BCUT2D eigenvalue weighted by Crippen LogP contribution is -2.43. The Labute approximate surface area is 123 Å². The Kier molecular flexibility index (Phi) is 4.67. The summed E-state index contributed by atoms with van der Waals surface area (Å²) >= 11 is 3.49. The maximum atomic E-state index is 13.3. The molecule has 0 spiro atoms. The zero-order chi connectivity index (χ0) is 14.0. The Morgan fingerprint density at radius 2 is 2.16 bits per heavy atom. The minimum absolute atomic E-state index is 0.105. The third kappa shape index (κ3) is 3.57. The maximum Gasteiger partial charge on any atom is 0.123 e. The van der Waals surface area contributed by atoms with Gasteiger partial charge in [-0.2, -0.15) is 0 Å². The predicted molar refractivity (Wildman–Crippen MR) is 81.5 cm³/mol. The van der Waals surface area contributed by atoms with Crippen molar-refractivity contribution in [3.05, 3.63) is 34.1 Å². The highest BCUT2D eigenvalue weighted by molar-refractivity contribution is 9.10. The zero-order valence-corrected chi connectivity index (χ0v) is 13.3. The van der Waals surface area contributed by atoms with Gasteiger partial charge in [0.25, 0.3) is 0 Å². The number of benzene rings is 1. The van der Waals surface area contributed by atoms with Crippen LogP contribution < -0.4 is 5.73 Å². The molecular formula is C16H23BrFN. The van der Waals surface area contributed by atoms with Crippen LogP contribution in [0.2, 0.25) is 0 Å². The topological polar surface area (TPSA) is 26.0 Å². The van der Waals surface area contributed by atoms with E-state index in [1.165, 1.54) is 31.7 Å². The van der Waals surface area contributed by atoms with Crippen molar-refractivity contribution in [1.29, 1.82) is 0 Å². The molecule has 0 amide bonds. The van der Waals surface area contributed by atoms with E-state index >= 15 is 0 Å². The fourth-order valence-electron chi connectivity index (χ4n) is 3.41. The minimum Gasteiger partial charge on any atom is -0.327 e. The van der Waals surface area contributed by atoms with Gasteiger partial charge < -0.3 is 5.73 Å². The molecule has 1 saturated carbocycles. The smallest absolute Gasteiger partial charge is 0.123 e. The summed E-state index contributed by atoms with van der Waals surface area (Å²) in [5, 5.41) is 0. The Hall–Kier alpha value is -0.410. The highest BCUT2D eigenvalue weighted by atomic mass is 79.9. The molecule has 2 rings (SSSR count). The second-order valence-corrected chi connectivity index (χ2v) is 7.30. The molecule has 106 valence electrons. The van der Waals surface area contributed by atoms with Crippen molar-refractivity contribution >= 4 is 15.9 Å². The largest absolute Gasteiger partial charge is 0.327 e. The third-order valence-corrected chi connectivity index (χ3v) is 5.34. The molecule has 19 heavy (non-hydrogen) atoms. The van der Waals surface area contributed by atoms with Crippen LogP contribution in [0.3, 0.4) is 0 Å². The number of rotatable bonds is 3. The van der Waals surface area contributed by atoms with Crippen molar-refractivity contribution in [3.63, 3.8) is 0 Å². The lowest BCUT2D eigenvalue weighted by molar-refractivity contribution is 0.112. The van der Waals surface area contributed by atoms with Crippen molar-refractivity contribution in [3.8, 4) is 0 Å². The molecule has 0 aliphatic heterocycles. The van der Waals surface area contributed by atoms with Gasteiger partial charge in [0.05, 0.1) is 0 Å². The molecule has 0 saturated heterocycles. The van der Waals surface area contributed by atoms with E-state index in [9.17, 15) is 4.39 Å². The van der Waals surface area contributed by atoms with Crippen LogP contribution >= 0.6 is 15.9 Å². The molecule has 1 aliphatic rings. The Morgan fingerprint density at radius 1 is 1.42 bits per heavy atom. The van der Waals surface area contributed by atoms with Gasteiger partial charge in [-0.05, 0) is 54.4 Å². The minimum atomic E-state index is -0.187. The van der Waals surface area contributed by atoms with Crippen LogP contribution in [0.5, 0.6) is 0 Å². The Bertz CT molecular complexity index is 444. The van der Waals surface area contributed by atoms with Crippen LogP contribution in [-0.2, 0) is 6.42 Å². The highest BCUT2D eigenvalue weighted by Crippen LogP contribution is 2.42. The molecule has 1 fully saturated rings. The molecule has 2 N–H and O–H groups in total. The van der Waals surface area contributed by atoms with Gasteiger partial charge in [0.2, 0.25) is 0 Å². The van der Waals surface area contributed by atoms with E-state index in [0.29, 0.717) is 11.3 Å². The SMILES string of the molecule is CC1(C)CCCCC1C(N)Cc1cc(F)ccc1Br. The van der Waals surface area contributed by atoms with Crippen molar-refractivity contribution in [1.82, 2.24) is 0 Å². The van der Waals surface area contributed by atoms with Gasteiger partial charge in [-0.25, -0.2) is 4.39 Å². The fraction of sp³-hybridized carbons (Fsp3) is 0.625. The summed E-state index contributed by atoms with van der Waals surface area (Å²) in [6.45, 7) is 4.63. The van der Waals surface area contributed by atoms with Crippen molar-refractivity contribution in [2.24, 2.45) is 17.1 Å². The molecule has 0 aromatic heterocycles. The molecule has 0 radical (unpaired) electrons. The van der Waals surface area contributed by atoms with Crippen LogP contribution in [0.4, 0.5) is 4.39 Å². The van der Waals surface area contributed by atoms with Crippen molar-refractivity contribution in [2.45, 2.75) is 52.0 Å². The molecule has 1 aromatic rings. The molecular weight excluding hydrogens is 305 g/mol. The average Bonchev–Trinajstić information content (AvgIpc) is 2.33. The normalized spacial score (nSPS) is 24.2. The van der Waals surface area contributed by atoms with Crippen molar-refractivity contribution < 1.29 is 4.39 Å². The van der Waals surface area contributed by atoms with E-state index in [0.717, 1.165) is 16.5 Å². The van der Waals surface area contributed by atoms with E-state index in [2.05, 4.69) is 29.8 Å². The van der Waals surface area contributed by atoms with Gasteiger partial charge >= 0.3 is 0 Å². The molecule has 0 bridgehead atoms. The monoisotopic (exact) mass is 327 g/mol. The summed E-state index contributed by atoms with van der Waals surface area (Å²) in [5.41, 5.74) is 7.72. The quantitative estimate of drug-likeness (QED) is 0.857. The Morgan fingerprint density at radius 3 is 2.84 bits per heavy atom. The van der Waals surface area contributed by atoms with Gasteiger partial charge in [-0.1, -0.05) is 42.6 Å². The molecule has 2 atom stereocenters. The van der Waals surface area contributed by atoms with Crippen LogP contribution in [-0.4, -0.2) is 6.04 Å². The first-order chi connectivity index (χ1) is 8.90. The van der Waals surface area contributed by atoms with Gasteiger partial charge in [-0.15, -0.1) is 0 Å². The molecule has 1 aromatic carbocycles. The summed E-state index contributed by atoms with van der Waals surface area (Å²) in [4.78, 5) is 0. The van der Waals surface area contributed by atoms with Crippen LogP contribution in [0.1, 0.15) is 45.1 Å². The number of hydrogen-bond acceptors (Lipinski definition) is 1. The van der Waals surface area contributed by atoms with Crippen LogP contribution in [0.15, 0.2) is 22.7 Å². The summed E-state index contributed by atoms with van der Waals surface area (Å²) < 4.78 is 14.3. The Balaban J connectivity index is 2.11. The standard InChI is InChI=1S/C16H23BrFN/c1-16(2)8-4-3-5-13(16)15(19)10-11-9-12(18)6-7-14(11)17/h6-7,9,13,15H,3-5,8,10,19H2,1-2H3. The molecule has 2 unspecified atom stereocenters. The molecule has 0 heterocycles.